The minimum Gasteiger partial charge on any atom is -0.481 e. The lowest BCUT2D eigenvalue weighted by Gasteiger charge is -2.34. The summed E-state index contributed by atoms with van der Waals surface area (Å²) in [6, 6.07) is 0. The van der Waals surface area contributed by atoms with Crippen molar-refractivity contribution in [1.29, 1.82) is 0 Å². The topological polar surface area (TPSA) is 141 Å². The van der Waals surface area contributed by atoms with Crippen LogP contribution < -0.4 is 0 Å². The number of carboxylic acid groups (broad SMARTS) is 3. The quantitative estimate of drug-likeness (QED) is 0.571. The minimum absolute atomic E-state index is 0.200. The lowest BCUT2D eigenvalue weighted by Crippen LogP contribution is -2.38. The average molecular weight is 420 g/mol. The molecule has 0 aromatic carbocycles. The Morgan fingerprint density at radius 3 is 2.14 bits per heavy atom. The van der Waals surface area contributed by atoms with E-state index in [0.717, 1.165) is 12.8 Å². The van der Waals surface area contributed by atoms with E-state index in [-0.39, 0.29) is 5.57 Å². The zero-order valence-electron chi connectivity index (χ0n) is 15.8. The van der Waals surface area contributed by atoms with Crippen molar-refractivity contribution in [3.05, 3.63) is 42.5 Å². The molecule has 11 heteroatoms. The number of rotatable bonds is 5. The van der Waals surface area contributed by atoms with Gasteiger partial charge in [-0.3, -0.25) is 4.79 Å². The number of imidazole rings is 1. The molecule has 29 heavy (non-hydrogen) atoms. The number of allylic oxidation sites excluding steroid dienone is 2. The molecular formula is C18H23F3N2O6. The highest BCUT2D eigenvalue weighted by atomic mass is 19.4. The zero-order valence-corrected chi connectivity index (χ0v) is 15.8. The van der Waals surface area contributed by atoms with Crippen molar-refractivity contribution >= 4 is 17.9 Å². The van der Waals surface area contributed by atoms with Crippen molar-refractivity contribution in [2.24, 2.45) is 11.3 Å². The van der Waals surface area contributed by atoms with Gasteiger partial charge in [-0.15, -0.1) is 0 Å². The van der Waals surface area contributed by atoms with Crippen LogP contribution in [0.1, 0.15) is 33.1 Å². The van der Waals surface area contributed by atoms with Crippen molar-refractivity contribution < 1.29 is 42.9 Å². The Kier molecular flexibility index (Phi) is 10.4. The number of aromatic amines is 1. The number of hydrogen-bond acceptors (Lipinski definition) is 4. The standard InChI is InChI=1S/C13H18O4.C3H4N2.C2HF3O2/c1-3-4-7-10-9(11(14)15)6-5-8-13(10,2)12(16)17;1-2-5-3-4-1;3-2(4,5)1(6)7/h5-6,8,10H,3-4,7H2,1-2H3,(H,14,15)(H,16,17);1-3H,(H,4,5);(H,6,7). The summed E-state index contributed by atoms with van der Waals surface area (Å²) >= 11 is 0. The Hall–Kier alpha value is -3.11. The van der Waals surface area contributed by atoms with Gasteiger partial charge in [-0.25, -0.2) is 14.6 Å². The fourth-order valence-electron chi connectivity index (χ4n) is 2.43. The van der Waals surface area contributed by atoms with Gasteiger partial charge >= 0.3 is 24.1 Å². The van der Waals surface area contributed by atoms with E-state index >= 15 is 0 Å². The van der Waals surface area contributed by atoms with Crippen LogP contribution in [0, 0.1) is 11.3 Å². The highest BCUT2D eigenvalue weighted by molar-refractivity contribution is 5.91. The summed E-state index contributed by atoms with van der Waals surface area (Å²) in [5, 5.41) is 25.5. The first-order chi connectivity index (χ1) is 13.4. The number of aliphatic carboxylic acids is 3. The molecule has 1 aliphatic carbocycles. The van der Waals surface area contributed by atoms with E-state index in [2.05, 4.69) is 9.97 Å². The normalized spacial score (nSPS) is 20.3. The van der Waals surface area contributed by atoms with Crippen LogP contribution in [0.5, 0.6) is 0 Å². The van der Waals surface area contributed by atoms with E-state index in [1.165, 1.54) is 12.2 Å². The highest BCUT2D eigenvalue weighted by Crippen LogP contribution is 2.41. The third-order valence-electron chi connectivity index (χ3n) is 4.02. The van der Waals surface area contributed by atoms with Crippen molar-refractivity contribution in [3.63, 3.8) is 0 Å². The van der Waals surface area contributed by atoms with E-state index in [4.69, 9.17) is 15.0 Å². The third-order valence-corrected chi connectivity index (χ3v) is 4.02. The van der Waals surface area contributed by atoms with E-state index in [9.17, 15) is 27.9 Å². The Morgan fingerprint density at radius 2 is 1.83 bits per heavy atom. The number of carbonyl (C=O) groups is 3. The van der Waals surface area contributed by atoms with Crippen molar-refractivity contribution in [2.45, 2.75) is 39.3 Å². The number of nitrogens with zero attached hydrogens (tertiary/aromatic N) is 1. The first kappa shape index (κ1) is 25.9. The van der Waals surface area contributed by atoms with Crippen LogP contribution in [0.4, 0.5) is 13.2 Å². The number of alkyl halides is 3. The van der Waals surface area contributed by atoms with E-state index in [1.807, 2.05) is 6.92 Å². The molecule has 1 aromatic rings. The van der Waals surface area contributed by atoms with Gasteiger partial charge in [0.15, 0.2) is 0 Å². The third kappa shape index (κ3) is 8.62. The van der Waals surface area contributed by atoms with Crippen LogP contribution in [0.15, 0.2) is 42.5 Å². The lowest BCUT2D eigenvalue weighted by atomic mass is 9.68. The highest BCUT2D eigenvalue weighted by Gasteiger charge is 2.43. The number of carboxylic acids is 3. The van der Waals surface area contributed by atoms with Crippen LogP contribution in [0.2, 0.25) is 0 Å². The molecule has 2 unspecified atom stereocenters. The number of unbranched alkanes of at least 4 members (excludes halogenated alkanes) is 1. The molecule has 0 radical (unpaired) electrons. The summed E-state index contributed by atoms with van der Waals surface area (Å²) in [7, 11) is 0. The maximum atomic E-state index is 11.3. The predicted octanol–water partition coefficient (Wildman–Crippen LogP) is 3.51. The Labute approximate surface area is 164 Å². The predicted molar refractivity (Wildman–Crippen MR) is 95.9 cm³/mol. The first-order valence-electron chi connectivity index (χ1n) is 8.46. The second-order valence-electron chi connectivity index (χ2n) is 6.13. The zero-order chi connectivity index (χ0) is 22.7. The van der Waals surface area contributed by atoms with E-state index in [1.54, 1.807) is 31.7 Å². The van der Waals surface area contributed by atoms with Gasteiger partial charge in [0.05, 0.1) is 11.7 Å². The molecule has 0 saturated heterocycles. The maximum absolute atomic E-state index is 11.3. The second-order valence-corrected chi connectivity index (χ2v) is 6.13. The molecule has 0 saturated carbocycles. The van der Waals surface area contributed by atoms with Crippen LogP contribution in [-0.4, -0.2) is 49.4 Å². The SMILES string of the molecule is CCCCC1C(C(=O)O)=CC=CC1(C)C(=O)O.O=C(O)C(F)(F)F.c1c[nH]cn1. The summed E-state index contributed by atoms with van der Waals surface area (Å²) in [6.07, 6.45) is 6.95. The Morgan fingerprint density at radius 1 is 1.24 bits per heavy atom. The largest absolute Gasteiger partial charge is 0.490 e. The minimum atomic E-state index is -5.08. The summed E-state index contributed by atoms with van der Waals surface area (Å²) < 4.78 is 31.7. The van der Waals surface area contributed by atoms with Gasteiger partial charge in [0.2, 0.25) is 0 Å². The second kappa shape index (κ2) is 11.7. The average Bonchev–Trinajstić information content (AvgIpc) is 3.20. The maximum Gasteiger partial charge on any atom is 0.490 e. The van der Waals surface area contributed by atoms with E-state index in [0.29, 0.717) is 6.42 Å². The molecule has 8 nitrogen and oxygen atoms in total. The molecule has 1 aromatic heterocycles. The number of nitrogens with one attached hydrogen (secondary N) is 1. The molecule has 0 bridgehead atoms. The van der Waals surface area contributed by atoms with Crippen LogP contribution in [0.3, 0.4) is 0 Å². The summed E-state index contributed by atoms with van der Waals surface area (Å²) in [5.41, 5.74) is -0.914. The van der Waals surface area contributed by atoms with Gasteiger partial charge in [0.1, 0.15) is 0 Å². The Balaban J connectivity index is 0.000000531. The Bertz CT molecular complexity index is 711. The van der Waals surface area contributed by atoms with Crippen molar-refractivity contribution in [1.82, 2.24) is 9.97 Å². The fraction of sp³-hybridized carbons (Fsp3) is 0.444. The molecule has 2 rings (SSSR count). The van der Waals surface area contributed by atoms with Crippen molar-refractivity contribution in [3.8, 4) is 0 Å². The molecule has 4 N–H and O–H groups in total. The molecule has 0 amide bonds. The molecule has 0 fully saturated rings. The van der Waals surface area contributed by atoms with Crippen molar-refractivity contribution in [2.75, 3.05) is 0 Å². The lowest BCUT2D eigenvalue weighted by molar-refractivity contribution is -0.192. The number of halogens is 3. The number of aromatic nitrogens is 2. The molecule has 1 heterocycles. The number of H-pyrrole nitrogens is 1. The fourth-order valence-corrected chi connectivity index (χ4v) is 2.43. The summed E-state index contributed by atoms with van der Waals surface area (Å²) in [4.78, 5) is 37.8. The smallest absolute Gasteiger partial charge is 0.481 e. The van der Waals surface area contributed by atoms with Gasteiger partial charge in [0.25, 0.3) is 0 Å². The van der Waals surface area contributed by atoms with Gasteiger partial charge < -0.3 is 20.3 Å². The van der Waals surface area contributed by atoms with Gasteiger partial charge in [-0.05, 0) is 13.3 Å². The van der Waals surface area contributed by atoms with E-state index < -0.39 is 35.4 Å². The number of hydrogen-bond donors (Lipinski definition) is 4. The molecular weight excluding hydrogens is 397 g/mol. The van der Waals surface area contributed by atoms with Crippen LogP contribution in [0.25, 0.3) is 0 Å². The van der Waals surface area contributed by atoms with Gasteiger partial charge in [0, 0.05) is 23.9 Å². The van der Waals surface area contributed by atoms with Gasteiger partial charge in [-0.1, -0.05) is 38.0 Å². The van der Waals surface area contributed by atoms with Crippen LogP contribution >= 0.6 is 0 Å². The summed E-state index contributed by atoms with van der Waals surface area (Å²) in [5.74, 6) is -5.21. The first-order valence-corrected chi connectivity index (χ1v) is 8.46. The molecule has 162 valence electrons. The van der Waals surface area contributed by atoms with Gasteiger partial charge in [-0.2, -0.15) is 13.2 Å². The van der Waals surface area contributed by atoms with Crippen LogP contribution in [-0.2, 0) is 14.4 Å². The monoisotopic (exact) mass is 420 g/mol. The summed E-state index contributed by atoms with van der Waals surface area (Å²) in [6.45, 7) is 3.59. The molecule has 1 aliphatic rings. The molecule has 0 aliphatic heterocycles. The molecule has 2 atom stereocenters. The molecule has 0 spiro atoms.